The molecule has 4 rings (SSSR count). The van der Waals surface area contributed by atoms with E-state index in [2.05, 4.69) is 76.2 Å². The fourth-order valence-electron chi connectivity index (χ4n) is 5.41. The number of carbonyl (C=O) groups excluding carboxylic acids is 1. The van der Waals surface area contributed by atoms with Gasteiger partial charge in [0.05, 0.1) is 19.1 Å². The van der Waals surface area contributed by atoms with Gasteiger partial charge < -0.3 is 9.47 Å². The van der Waals surface area contributed by atoms with Gasteiger partial charge in [0, 0.05) is 0 Å². The van der Waals surface area contributed by atoms with Gasteiger partial charge in [0.2, 0.25) is 0 Å². The molecule has 6 atom stereocenters. The molecule has 0 radical (unpaired) electrons. The van der Waals surface area contributed by atoms with Crippen LogP contribution in [0.3, 0.4) is 0 Å². The highest BCUT2D eigenvalue weighted by molar-refractivity contribution is 5.76. The summed E-state index contributed by atoms with van der Waals surface area (Å²) in [5.74, 6) is 2.34. The number of carbonyl (C=O) groups is 1. The van der Waals surface area contributed by atoms with Gasteiger partial charge in [0.25, 0.3) is 0 Å². The van der Waals surface area contributed by atoms with Crippen LogP contribution in [-0.2, 0) is 20.9 Å². The van der Waals surface area contributed by atoms with Gasteiger partial charge >= 0.3 is 5.97 Å². The highest BCUT2D eigenvalue weighted by atomic mass is 16.5. The Hall–Kier alpha value is -2.13. The normalized spacial score (nSPS) is 29.7. The molecule has 2 aliphatic rings. The number of hydrogen-bond acceptors (Lipinski definition) is 3. The molecule has 0 amide bonds. The Balaban J connectivity index is 1.24. The van der Waals surface area contributed by atoms with Crippen molar-refractivity contribution in [3.05, 3.63) is 60.2 Å². The Bertz CT molecular complexity index is 873. The average Bonchev–Trinajstić information content (AvgIpc) is 3.44. The van der Waals surface area contributed by atoms with Gasteiger partial charge in [-0.15, -0.1) is 0 Å². The molecular formula is C29H38O3. The van der Waals surface area contributed by atoms with E-state index in [9.17, 15) is 4.79 Å². The summed E-state index contributed by atoms with van der Waals surface area (Å²) in [4.78, 5) is 12.9. The molecule has 0 saturated heterocycles. The van der Waals surface area contributed by atoms with E-state index in [1.54, 1.807) is 0 Å². The molecule has 0 N–H and O–H groups in total. The molecule has 0 heterocycles. The van der Waals surface area contributed by atoms with E-state index >= 15 is 0 Å². The lowest BCUT2D eigenvalue weighted by Gasteiger charge is -2.36. The van der Waals surface area contributed by atoms with Crippen LogP contribution in [0.1, 0.15) is 52.5 Å². The highest BCUT2D eigenvalue weighted by Gasteiger charge is 2.53. The zero-order valence-electron chi connectivity index (χ0n) is 20.0. The number of hydrogen-bond donors (Lipinski definition) is 0. The second-order valence-corrected chi connectivity index (χ2v) is 10.4. The minimum Gasteiger partial charge on any atom is -0.462 e. The summed E-state index contributed by atoms with van der Waals surface area (Å²) in [5, 5.41) is 0. The molecule has 2 aromatic rings. The summed E-state index contributed by atoms with van der Waals surface area (Å²) < 4.78 is 12.1. The molecule has 2 saturated carbocycles. The van der Waals surface area contributed by atoms with Crippen molar-refractivity contribution in [2.45, 2.75) is 59.7 Å². The first-order chi connectivity index (χ1) is 15.4. The molecule has 0 aromatic heterocycles. The molecule has 0 spiro atoms. The van der Waals surface area contributed by atoms with Gasteiger partial charge in [-0.1, -0.05) is 88.7 Å². The first kappa shape index (κ1) is 23.0. The van der Waals surface area contributed by atoms with Gasteiger partial charge in [-0.2, -0.15) is 0 Å². The zero-order valence-corrected chi connectivity index (χ0v) is 20.0. The summed E-state index contributed by atoms with van der Waals surface area (Å²) >= 11 is 0. The fraction of sp³-hybridized carbons (Fsp3) is 0.552. The third-order valence-corrected chi connectivity index (χ3v) is 7.70. The molecular weight excluding hydrogens is 396 g/mol. The predicted molar refractivity (Wildman–Crippen MR) is 129 cm³/mol. The van der Waals surface area contributed by atoms with Crippen molar-refractivity contribution in [3.8, 4) is 11.1 Å². The van der Waals surface area contributed by atoms with Crippen molar-refractivity contribution in [2.75, 3.05) is 6.61 Å². The van der Waals surface area contributed by atoms with E-state index in [0.29, 0.717) is 36.9 Å². The Morgan fingerprint density at radius 3 is 2.34 bits per heavy atom. The first-order valence-electron chi connectivity index (χ1n) is 12.4. The third-order valence-electron chi connectivity index (χ3n) is 7.70. The van der Waals surface area contributed by atoms with Crippen LogP contribution in [0.5, 0.6) is 0 Å². The topological polar surface area (TPSA) is 35.5 Å². The third kappa shape index (κ3) is 5.43. The van der Waals surface area contributed by atoms with Crippen LogP contribution in [-0.4, -0.2) is 18.7 Å². The van der Waals surface area contributed by atoms with Crippen LogP contribution in [0, 0.1) is 35.5 Å². The molecule has 3 heteroatoms. The van der Waals surface area contributed by atoms with Crippen molar-refractivity contribution < 1.29 is 14.3 Å². The lowest BCUT2D eigenvalue weighted by atomic mass is 9.75. The first-order valence-corrected chi connectivity index (χ1v) is 12.4. The monoisotopic (exact) mass is 434 g/mol. The quantitative estimate of drug-likeness (QED) is 0.431. The van der Waals surface area contributed by atoms with Crippen LogP contribution in [0.25, 0.3) is 11.1 Å². The molecule has 3 nitrogen and oxygen atoms in total. The summed E-state index contributed by atoms with van der Waals surface area (Å²) in [6.45, 7) is 10.1. The molecule has 172 valence electrons. The molecule has 6 unspecified atom stereocenters. The number of rotatable bonds is 8. The lowest BCUT2D eigenvalue weighted by Crippen LogP contribution is -2.36. The molecule has 2 aliphatic carbocycles. The van der Waals surface area contributed by atoms with E-state index in [1.807, 2.05) is 6.07 Å². The summed E-state index contributed by atoms with van der Waals surface area (Å²) in [5.41, 5.74) is 3.60. The molecule has 2 aromatic carbocycles. The molecule has 0 bridgehead atoms. The number of benzene rings is 2. The second kappa shape index (κ2) is 10.2. The summed E-state index contributed by atoms with van der Waals surface area (Å²) in [7, 11) is 0. The second-order valence-electron chi connectivity index (χ2n) is 10.4. The number of esters is 1. The van der Waals surface area contributed by atoms with Gasteiger partial charge in [-0.05, 0) is 59.1 Å². The van der Waals surface area contributed by atoms with Gasteiger partial charge in [0.1, 0.15) is 6.10 Å². The zero-order chi connectivity index (χ0) is 22.7. The maximum absolute atomic E-state index is 12.9. The van der Waals surface area contributed by atoms with E-state index in [-0.39, 0.29) is 23.9 Å². The molecule has 32 heavy (non-hydrogen) atoms. The van der Waals surface area contributed by atoms with Crippen molar-refractivity contribution in [1.82, 2.24) is 0 Å². The van der Waals surface area contributed by atoms with Crippen molar-refractivity contribution in [1.29, 1.82) is 0 Å². The Labute approximate surface area is 193 Å². The standard InChI is InChI=1S/C29H38O3/c1-19(2)25-15-10-20(3)16-27(25)32-29(30)28-21(4)26(28)18-31-17-22-11-13-24(14-12-22)23-8-6-5-7-9-23/h5-9,11-14,19-21,25-28H,10,15-18H2,1-4H3. The highest BCUT2D eigenvalue weighted by Crippen LogP contribution is 2.48. The van der Waals surface area contributed by atoms with E-state index < -0.39 is 0 Å². The van der Waals surface area contributed by atoms with Crippen LogP contribution in [0.4, 0.5) is 0 Å². The van der Waals surface area contributed by atoms with E-state index in [1.165, 1.54) is 24.0 Å². The summed E-state index contributed by atoms with van der Waals surface area (Å²) in [6.07, 6.45) is 3.52. The average molecular weight is 435 g/mol. The van der Waals surface area contributed by atoms with Gasteiger partial charge in [-0.3, -0.25) is 4.79 Å². The van der Waals surface area contributed by atoms with Crippen LogP contribution < -0.4 is 0 Å². The maximum Gasteiger partial charge on any atom is 0.309 e. The van der Waals surface area contributed by atoms with Gasteiger partial charge in [-0.25, -0.2) is 0 Å². The van der Waals surface area contributed by atoms with E-state index in [4.69, 9.17) is 9.47 Å². The predicted octanol–water partition coefficient (Wildman–Crippen LogP) is 6.76. The van der Waals surface area contributed by atoms with Crippen molar-refractivity contribution >= 4 is 5.97 Å². The largest absolute Gasteiger partial charge is 0.462 e. The van der Waals surface area contributed by atoms with Crippen LogP contribution >= 0.6 is 0 Å². The molecule has 0 aliphatic heterocycles. The van der Waals surface area contributed by atoms with Gasteiger partial charge in [0.15, 0.2) is 0 Å². The SMILES string of the molecule is CC1CCC(C(C)C)C(OC(=O)C2C(C)C2COCc2ccc(-c3ccccc3)cc2)C1. The number of ether oxygens (including phenoxy) is 2. The fourth-order valence-corrected chi connectivity index (χ4v) is 5.41. The Kier molecular flexibility index (Phi) is 7.35. The van der Waals surface area contributed by atoms with Crippen LogP contribution in [0.15, 0.2) is 54.6 Å². The van der Waals surface area contributed by atoms with Crippen LogP contribution in [0.2, 0.25) is 0 Å². The Morgan fingerprint density at radius 2 is 1.66 bits per heavy atom. The maximum atomic E-state index is 12.9. The lowest BCUT2D eigenvalue weighted by molar-refractivity contribution is -0.158. The van der Waals surface area contributed by atoms with E-state index in [0.717, 1.165) is 12.0 Å². The minimum absolute atomic E-state index is 0.000464. The van der Waals surface area contributed by atoms with Crippen molar-refractivity contribution in [3.63, 3.8) is 0 Å². The van der Waals surface area contributed by atoms with Crippen molar-refractivity contribution in [2.24, 2.45) is 35.5 Å². The molecule has 2 fully saturated rings. The Morgan fingerprint density at radius 1 is 0.969 bits per heavy atom. The minimum atomic E-state index is 0.000464. The smallest absolute Gasteiger partial charge is 0.309 e. The summed E-state index contributed by atoms with van der Waals surface area (Å²) in [6, 6.07) is 18.9.